The molecule has 1 aromatic heterocycles. The van der Waals surface area contributed by atoms with Gasteiger partial charge in [-0.25, -0.2) is 0 Å². The van der Waals surface area contributed by atoms with Gasteiger partial charge in [0.2, 0.25) is 0 Å². The van der Waals surface area contributed by atoms with Crippen LogP contribution in [0.25, 0.3) is 0 Å². The predicted molar refractivity (Wildman–Crippen MR) is 117 cm³/mol. The van der Waals surface area contributed by atoms with E-state index < -0.39 is 0 Å². The van der Waals surface area contributed by atoms with Gasteiger partial charge in [-0.1, -0.05) is 29.8 Å². The SMILES string of the molecule is COc1cccc(CCNC(=O)c2cncc(Nc3c(C)cc(C)cc3C)c2)c1. The first-order chi connectivity index (χ1) is 14.0. The van der Waals surface area contributed by atoms with Crippen LogP contribution in [0.2, 0.25) is 0 Å². The Morgan fingerprint density at radius 2 is 1.79 bits per heavy atom. The van der Waals surface area contributed by atoms with Gasteiger partial charge in [-0.3, -0.25) is 9.78 Å². The molecule has 29 heavy (non-hydrogen) atoms. The summed E-state index contributed by atoms with van der Waals surface area (Å²) in [5, 5.41) is 6.36. The van der Waals surface area contributed by atoms with E-state index in [9.17, 15) is 4.79 Å². The number of hydrogen-bond acceptors (Lipinski definition) is 4. The minimum absolute atomic E-state index is 0.138. The Kier molecular flexibility index (Phi) is 6.50. The second-order valence-electron chi connectivity index (χ2n) is 7.22. The maximum atomic E-state index is 12.5. The number of nitrogens with zero attached hydrogens (tertiary/aromatic N) is 1. The van der Waals surface area contributed by atoms with Crippen LogP contribution >= 0.6 is 0 Å². The highest BCUT2D eigenvalue weighted by Gasteiger charge is 2.09. The number of pyridine rings is 1. The lowest BCUT2D eigenvalue weighted by Gasteiger charge is -2.14. The van der Waals surface area contributed by atoms with E-state index in [0.717, 1.165) is 40.2 Å². The van der Waals surface area contributed by atoms with Crippen LogP contribution in [-0.2, 0) is 6.42 Å². The highest BCUT2D eigenvalue weighted by atomic mass is 16.5. The molecule has 0 unspecified atom stereocenters. The summed E-state index contributed by atoms with van der Waals surface area (Å²) < 4.78 is 5.23. The number of benzene rings is 2. The van der Waals surface area contributed by atoms with Crippen molar-refractivity contribution in [3.8, 4) is 5.75 Å². The van der Waals surface area contributed by atoms with Crippen molar-refractivity contribution in [3.63, 3.8) is 0 Å². The van der Waals surface area contributed by atoms with Gasteiger partial charge in [-0.2, -0.15) is 0 Å². The molecule has 150 valence electrons. The van der Waals surface area contributed by atoms with Crippen LogP contribution in [0.3, 0.4) is 0 Å². The quantitative estimate of drug-likeness (QED) is 0.613. The van der Waals surface area contributed by atoms with Crippen LogP contribution in [0.5, 0.6) is 5.75 Å². The molecule has 1 amide bonds. The molecule has 0 saturated carbocycles. The number of rotatable bonds is 7. The molecule has 1 heterocycles. The Labute approximate surface area is 172 Å². The largest absolute Gasteiger partial charge is 0.497 e. The zero-order chi connectivity index (χ0) is 20.8. The summed E-state index contributed by atoms with van der Waals surface area (Å²) in [5.41, 5.74) is 7.04. The van der Waals surface area contributed by atoms with Gasteiger partial charge in [0.25, 0.3) is 5.91 Å². The number of nitrogens with one attached hydrogen (secondary N) is 2. The van der Waals surface area contributed by atoms with Crippen LogP contribution in [0.4, 0.5) is 11.4 Å². The minimum Gasteiger partial charge on any atom is -0.497 e. The van der Waals surface area contributed by atoms with E-state index in [1.165, 1.54) is 5.56 Å². The van der Waals surface area contributed by atoms with Crippen molar-refractivity contribution in [1.82, 2.24) is 10.3 Å². The highest BCUT2D eigenvalue weighted by Crippen LogP contribution is 2.26. The average Bonchev–Trinajstić information content (AvgIpc) is 2.71. The molecule has 0 aliphatic rings. The van der Waals surface area contributed by atoms with Gasteiger partial charge in [0.15, 0.2) is 0 Å². The van der Waals surface area contributed by atoms with Gasteiger partial charge >= 0.3 is 0 Å². The first kappa shape index (κ1) is 20.4. The van der Waals surface area contributed by atoms with Crippen LogP contribution < -0.4 is 15.4 Å². The molecule has 3 rings (SSSR count). The number of anilines is 2. The summed E-state index contributed by atoms with van der Waals surface area (Å²) in [6.07, 6.45) is 4.04. The van der Waals surface area contributed by atoms with Crippen molar-refractivity contribution in [2.24, 2.45) is 0 Å². The highest BCUT2D eigenvalue weighted by molar-refractivity contribution is 5.94. The zero-order valence-corrected chi connectivity index (χ0v) is 17.4. The first-order valence-electron chi connectivity index (χ1n) is 9.67. The van der Waals surface area contributed by atoms with E-state index in [2.05, 4.69) is 48.5 Å². The third-order valence-electron chi connectivity index (χ3n) is 4.78. The Morgan fingerprint density at radius 1 is 1.03 bits per heavy atom. The number of aromatic nitrogens is 1. The molecule has 2 aromatic carbocycles. The fourth-order valence-electron chi connectivity index (χ4n) is 3.40. The molecule has 0 saturated heterocycles. The number of carbonyl (C=O) groups is 1. The third kappa shape index (κ3) is 5.35. The monoisotopic (exact) mass is 389 g/mol. The lowest BCUT2D eigenvalue weighted by Crippen LogP contribution is -2.25. The molecular weight excluding hydrogens is 362 g/mol. The van der Waals surface area contributed by atoms with Gasteiger partial charge in [0.05, 0.1) is 24.6 Å². The van der Waals surface area contributed by atoms with E-state index in [-0.39, 0.29) is 5.91 Å². The van der Waals surface area contributed by atoms with Crippen molar-refractivity contribution in [2.45, 2.75) is 27.2 Å². The maximum Gasteiger partial charge on any atom is 0.252 e. The second kappa shape index (κ2) is 9.24. The van der Waals surface area contributed by atoms with Crippen LogP contribution in [0.15, 0.2) is 54.9 Å². The van der Waals surface area contributed by atoms with Crippen molar-refractivity contribution in [1.29, 1.82) is 0 Å². The van der Waals surface area contributed by atoms with Crippen molar-refractivity contribution in [2.75, 3.05) is 19.0 Å². The number of aryl methyl sites for hydroxylation is 3. The number of carbonyl (C=O) groups excluding carboxylic acids is 1. The Balaban J connectivity index is 1.63. The summed E-state index contributed by atoms with van der Waals surface area (Å²) in [4.78, 5) is 16.8. The first-order valence-corrected chi connectivity index (χ1v) is 9.67. The van der Waals surface area contributed by atoms with E-state index in [4.69, 9.17) is 4.74 Å². The number of amides is 1. The summed E-state index contributed by atoms with van der Waals surface area (Å²) in [5.74, 6) is 0.680. The maximum absolute atomic E-state index is 12.5. The second-order valence-corrected chi connectivity index (χ2v) is 7.22. The fourth-order valence-corrected chi connectivity index (χ4v) is 3.40. The molecule has 0 aliphatic heterocycles. The van der Waals surface area contributed by atoms with Gasteiger partial charge in [0, 0.05) is 18.4 Å². The molecule has 0 spiro atoms. The minimum atomic E-state index is -0.138. The van der Waals surface area contributed by atoms with E-state index in [1.54, 1.807) is 19.5 Å². The molecular formula is C24H27N3O2. The van der Waals surface area contributed by atoms with Gasteiger partial charge in [-0.15, -0.1) is 0 Å². The fraction of sp³-hybridized carbons (Fsp3) is 0.250. The lowest BCUT2D eigenvalue weighted by atomic mass is 10.0. The molecule has 0 aliphatic carbocycles. The zero-order valence-electron chi connectivity index (χ0n) is 17.4. The summed E-state index contributed by atoms with van der Waals surface area (Å²) >= 11 is 0. The summed E-state index contributed by atoms with van der Waals surface area (Å²) in [6, 6.07) is 14.0. The number of hydrogen-bond donors (Lipinski definition) is 2. The average molecular weight is 389 g/mol. The van der Waals surface area contributed by atoms with Gasteiger partial charge in [-0.05, 0) is 62.1 Å². The molecule has 5 nitrogen and oxygen atoms in total. The molecule has 5 heteroatoms. The molecule has 0 radical (unpaired) electrons. The van der Waals surface area contributed by atoms with Crippen LogP contribution in [-0.4, -0.2) is 24.5 Å². The Bertz CT molecular complexity index is 992. The molecule has 3 aromatic rings. The van der Waals surface area contributed by atoms with Gasteiger partial charge in [0.1, 0.15) is 5.75 Å². The summed E-state index contributed by atoms with van der Waals surface area (Å²) in [7, 11) is 1.65. The summed E-state index contributed by atoms with van der Waals surface area (Å²) in [6.45, 7) is 6.78. The Hall–Kier alpha value is -3.34. The molecule has 0 fully saturated rings. The van der Waals surface area contributed by atoms with Crippen molar-refractivity contribution in [3.05, 3.63) is 82.7 Å². The topological polar surface area (TPSA) is 63.2 Å². The molecule has 0 atom stereocenters. The van der Waals surface area contributed by atoms with Crippen molar-refractivity contribution >= 4 is 17.3 Å². The molecule has 0 bridgehead atoms. The van der Waals surface area contributed by atoms with Crippen molar-refractivity contribution < 1.29 is 9.53 Å². The van der Waals surface area contributed by atoms with Crippen LogP contribution in [0.1, 0.15) is 32.6 Å². The van der Waals surface area contributed by atoms with Crippen LogP contribution in [0, 0.1) is 20.8 Å². The standard InChI is InChI=1S/C24H27N3O2/c1-16-10-17(2)23(18(3)11-16)27-21-13-20(14-25-15-21)24(28)26-9-8-19-6-5-7-22(12-19)29-4/h5-7,10-15,27H,8-9H2,1-4H3,(H,26,28). The predicted octanol–water partition coefficient (Wildman–Crippen LogP) is 4.73. The smallest absolute Gasteiger partial charge is 0.252 e. The number of methoxy groups -OCH3 is 1. The van der Waals surface area contributed by atoms with E-state index in [0.29, 0.717) is 12.1 Å². The number of ether oxygens (including phenoxy) is 1. The Morgan fingerprint density at radius 3 is 2.52 bits per heavy atom. The normalized spacial score (nSPS) is 10.5. The third-order valence-corrected chi connectivity index (χ3v) is 4.78. The lowest BCUT2D eigenvalue weighted by molar-refractivity contribution is 0.0954. The molecule has 2 N–H and O–H groups in total. The van der Waals surface area contributed by atoms with Gasteiger partial charge < -0.3 is 15.4 Å². The van der Waals surface area contributed by atoms with E-state index in [1.807, 2.05) is 30.3 Å². The van der Waals surface area contributed by atoms with E-state index >= 15 is 0 Å².